The first kappa shape index (κ1) is 14.7. The third kappa shape index (κ3) is 2.86. The van der Waals surface area contributed by atoms with Crippen molar-refractivity contribution in [3.63, 3.8) is 0 Å². The molecule has 1 aliphatic heterocycles. The van der Waals surface area contributed by atoms with Gasteiger partial charge in [0.2, 0.25) is 5.91 Å². The molecule has 0 spiro atoms. The van der Waals surface area contributed by atoms with Crippen molar-refractivity contribution in [2.75, 3.05) is 13.1 Å². The Morgan fingerprint density at radius 2 is 2.23 bits per heavy atom. The number of rotatable bonds is 3. The second-order valence-electron chi connectivity index (χ2n) is 5.86. The second kappa shape index (κ2) is 5.87. The molecular formula is C16H20N4O2. The van der Waals surface area contributed by atoms with Crippen LogP contribution in [0.2, 0.25) is 0 Å². The van der Waals surface area contributed by atoms with E-state index in [0.717, 1.165) is 41.5 Å². The van der Waals surface area contributed by atoms with Crippen LogP contribution in [0.4, 0.5) is 0 Å². The number of hydrogen-bond acceptors (Lipinski definition) is 5. The summed E-state index contributed by atoms with van der Waals surface area (Å²) in [6, 6.07) is 1.89. The topological polar surface area (TPSA) is 72.1 Å². The molecule has 0 radical (unpaired) electrons. The zero-order valence-electron chi connectivity index (χ0n) is 13.2. The summed E-state index contributed by atoms with van der Waals surface area (Å²) in [5.41, 5.74) is 2.66. The summed E-state index contributed by atoms with van der Waals surface area (Å²) in [7, 11) is 0. The van der Waals surface area contributed by atoms with Gasteiger partial charge >= 0.3 is 0 Å². The molecule has 6 heteroatoms. The molecular weight excluding hydrogens is 280 g/mol. The minimum atomic E-state index is 0.115. The minimum absolute atomic E-state index is 0.115. The van der Waals surface area contributed by atoms with Gasteiger partial charge in [-0.2, -0.15) is 0 Å². The van der Waals surface area contributed by atoms with E-state index in [2.05, 4.69) is 15.1 Å². The molecule has 1 amide bonds. The highest BCUT2D eigenvalue weighted by Gasteiger charge is 2.29. The Morgan fingerprint density at radius 3 is 2.91 bits per heavy atom. The van der Waals surface area contributed by atoms with E-state index in [1.807, 2.05) is 31.7 Å². The first-order valence-corrected chi connectivity index (χ1v) is 7.53. The van der Waals surface area contributed by atoms with Crippen LogP contribution in [-0.2, 0) is 11.2 Å². The monoisotopic (exact) mass is 300 g/mol. The molecule has 2 aromatic heterocycles. The summed E-state index contributed by atoms with van der Waals surface area (Å²) in [5.74, 6) is 1.91. The molecule has 116 valence electrons. The van der Waals surface area contributed by atoms with Crippen molar-refractivity contribution < 1.29 is 9.32 Å². The van der Waals surface area contributed by atoms with Gasteiger partial charge in [0.05, 0.1) is 12.1 Å². The molecule has 1 saturated heterocycles. The van der Waals surface area contributed by atoms with Gasteiger partial charge in [-0.3, -0.25) is 4.79 Å². The predicted octanol–water partition coefficient (Wildman–Crippen LogP) is 1.95. The maximum absolute atomic E-state index is 12.5. The van der Waals surface area contributed by atoms with Crippen LogP contribution in [0.1, 0.15) is 40.9 Å². The molecule has 3 rings (SSSR count). The van der Waals surface area contributed by atoms with E-state index in [1.165, 1.54) is 0 Å². The van der Waals surface area contributed by atoms with Crippen LogP contribution >= 0.6 is 0 Å². The number of aryl methyl sites for hydroxylation is 3. The van der Waals surface area contributed by atoms with Crippen molar-refractivity contribution in [1.29, 1.82) is 0 Å². The molecule has 1 fully saturated rings. The maximum atomic E-state index is 12.5. The SMILES string of the molecule is Cc1ccnc([C@H]2CCN(C(=O)Cc3c(C)noc3C)C2)n1. The Kier molecular flexibility index (Phi) is 3.92. The average Bonchev–Trinajstić information content (AvgIpc) is 3.10. The first-order valence-electron chi connectivity index (χ1n) is 7.53. The van der Waals surface area contributed by atoms with Crippen LogP contribution in [0.15, 0.2) is 16.8 Å². The molecule has 1 aliphatic rings. The maximum Gasteiger partial charge on any atom is 0.227 e. The molecule has 22 heavy (non-hydrogen) atoms. The summed E-state index contributed by atoms with van der Waals surface area (Å²) in [6.45, 7) is 7.11. The average molecular weight is 300 g/mol. The van der Waals surface area contributed by atoms with Gasteiger partial charge in [0.15, 0.2) is 0 Å². The molecule has 0 aliphatic carbocycles. The van der Waals surface area contributed by atoms with Crippen LogP contribution in [0, 0.1) is 20.8 Å². The smallest absolute Gasteiger partial charge is 0.227 e. The highest BCUT2D eigenvalue weighted by Crippen LogP contribution is 2.25. The fraction of sp³-hybridized carbons (Fsp3) is 0.500. The van der Waals surface area contributed by atoms with Gasteiger partial charge in [-0.05, 0) is 33.3 Å². The lowest BCUT2D eigenvalue weighted by Gasteiger charge is -2.16. The van der Waals surface area contributed by atoms with Gasteiger partial charge in [-0.25, -0.2) is 9.97 Å². The van der Waals surface area contributed by atoms with Gasteiger partial charge in [0.1, 0.15) is 11.6 Å². The van der Waals surface area contributed by atoms with E-state index in [-0.39, 0.29) is 11.8 Å². The summed E-state index contributed by atoms with van der Waals surface area (Å²) in [6.07, 6.45) is 3.05. The van der Waals surface area contributed by atoms with Gasteiger partial charge in [0.25, 0.3) is 0 Å². The zero-order chi connectivity index (χ0) is 15.7. The lowest BCUT2D eigenvalue weighted by atomic mass is 10.1. The molecule has 0 saturated carbocycles. The number of hydrogen-bond donors (Lipinski definition) is 0. The van der Waals surface area contributed by atoms with Crippen molar-refractivity contribution in [3.05, 3.63) is 40.8 Å². The standard InChI is InChI=1S/C16H20N4O2/c1-10-4-6-17-16(18-10)13-5-7-20(9-13)15(21)8-14-11(2)19-22-12(14)3/h4,6,13H,5,7-9H2,1-3H3/t13-/m0/s1. The van der Waals surface area contributed by atoms with E-state index in [1.54, 1.807) is 6.20 Å². The number of carbonyl (C=O) groups excluding carboxylic acids is 1. The number of likely N-dealkylation sites (tertiary alicyclic amines) is 1. The fourth-order valence-electron chi connectivity index (χ4n) is 2.88. The van der Waals surface area contributed by atoms with E-state index in [0.29, 0.717) is 13.0 Å². The lowest BCUT2D eigenvalue weighted by Crippen LogP contribution is -2.30. The number of aromatic nitrogens is 3. The Labute approximate surface area is 129 Å². The summed E-state index contributed by atoms with van der Waals surface area (Å²) in [4.78, 5) is 23.2. The third-order valence-electron chi connectivity index (χ3n) is 4.23. The van der Waals surface area contributed by atoms with Crippen molar-refractivity contribution in [3.8, 4) is 0 Å². The second-order valence-corrected chi connectivity index (χ2v) is 5.86. The summed E-state index contributed by atoms with van der Waals surface area (Å²) in [5, 5.41) is 3.90. The Bertz CT molecular complexity index is 676. The molecule has 0 bridgehead atoms. The van der Waals surface area contributed by atoms with E-state index < -0.39 is 0 Å². The lowest BCUT2D eigenvalue weighted by molar-refractivity contribution is -0.129. The van der Waals surface area contributed by atoms with Crippen LogP contribution in [0.5, 0.6) is 0 Å². The number of amides is 1. The first-order chi connectivity index (χ1) is 10.5. The molecule has 0 unspecified atom stereocenters. The number of nitrogens with zero attached hydrogens (tertiary/aromatic N) is 4. The molecule has 0 N–H and O–H groups in total. The summed E-state index contributed by atoms with van der Waals surface area (Å²) >= 11 is 0. The van der Waals surface area contributed by atoms with E-state index in [4.69, 9.17) is 4.52 Å². The van der Waals surface area contributed by atoms with Crippen LogP contribution in [0.3, 0.4) is 0 Å². The minimum Gasteiger partial charge on any atom is -0.361 e. The Morgan fingerprint density at radius 1 is 1.41 bits per heavy atom. The quantitative estimate of drug-likeness (QED) is 0.866. The van der Waals surface area contributed by atoms with E-state index >= 15 is 0 Å². The molecule has 3 heterocycles. The van der Waals surface area contributed by atoms with Crippen molar-refractivity contribution in [1.82, 2.24) is 20.0 Å². The Balaban J connectivity index is 1.66. The molecule has 2 aromatic rings. The van der Waals surface area contributed by atoms with Crippen molar-refractivity contribution >= 4 is 5.91 Å². The van der Waals surface area contributed by atoms with Gasteiger partial charge in [-0.15, -0.1) is 0 Å². The zero-order valence-corrected chi connectivity index (χ0v) is 13.2. The van der Waals surface area contributed by atoms with Crippen LogP contribution in [0.25, 0.3) is 0 Å². The van der Waals surface area contributed by atoms with Gasteiger partial charge in [0, 0.05) is 36.5 Å². The highest BCUT2D eigenvalue weighted by molar-refractivity contribution is 5.79. The van der Waals surface area contributed by atoms with Crippen molar-refractivity contribution in [2.24, 2.45) is 0 Å². The molecule has 0 aromatic carbocycles. The van der Waals surface area contributed by atoms with Crippen LogP contribution < -0.4 is 0 Å². The normalized spacial score (nSPS) is 18.0. The Hall–Kier alpha value is -2.24. The largest absolute Gasteiger partial charge is 0.361 e. The molecule has 6 nitrogen and oxygen atoms in total. The van der Waals surface area contributed by atoms with Crippen molar-refractivity contribution in [2.45, 2.75) is 39.5 Å². The third-order valence-corrected chi connectivity index (χ3v) is 4.23. The van der Waals surface area contributed by atoms with Gasteiger partial charge < -0.3 is 9.42 Å². The highest BCUT2D eigenvalue weighted by atomic mass is 16.5. The van der Waals surface area contributed by atoms with Crippen LogP contribution in [-0.4, -0.2) is 39.0 Å². The van der Waals surface area contributed by atoms with E-state index in [9.17, 15) is 4.79 Å². The predicted molar refractivity (Wildman–Crippen MR) is 80.4 cm³/mol. The molecule has 1 atom stereocenters. The number of carbonyl (C=O) groups is 1. The summed E-state index contributed by atoms with van der Waals surface area (Å²) < 4.78 is 5.12. The fourth-order valence-corrected chi connectivity index (χ4v) is 2.88. The van der Waals surface area contributed by atoms with Gasteiger partial charge in [-0.1, -0.05) is 5.16 Å².